The zero-order chi connectivity index (χ0) is 25.5. The number of rotatable bonds is 11. The Morgan fingerprint density at radius 2 is 1.71 bits per heavy atom. The maximum atomic E-state index is 12.2. The molecule has 0 spiro atoms. The second-order valence-corrected chi connectivity index (χ2v) is 8.66. The molecule has 10 heteroatoms. The smallest absolute Gasteiger partial charge is 0.409 e. The first-order valence-corrected chi connectivity index (χ1v) is 11.0. The molecule has 0 radical (unpaired) electrons. The Kier molecular flexibility index (Phi) is 8.08. The second kappa shape index (κ2) is 11.0. The highest BCUT2D eigenvalue weighted by atomic mass is 16.7. The van der Waals surface area contributed by atoms with Crippen molar-refractivity contribution in [2.75, 3.05) is 20.3 Å². The van der Waals surface area contributed by atoms with E-state index in [0.29, 0.717) is 5.75 Å². The number of ether oxygens (including phenoxy) is 4. The lowest BCUT2D eigenvalue weighted by Crippen LogP contribution is -2.58. The second-order valence-electron chi connectivity index (χ2n) is 8.66. The fourth-order valence-corrected chi connectivity index (χ4v) is 3.82. The third kappa shape index (κ3) is 6.15. The molecule has 2 unspecified atom stereocenters. The van der Waals surface area contributed by atoms with E-state index in [4.69, 9.17) is 24.7 Å². The van der Waals surface area contributed by atoms with Gasteiger partial charge in [0.05, 0.1) is 19.1 Å². The van der Waals surface area contributed by atoms with Crippen molar-refractivity contribution in [2.24, 2.45) is 17.1 Å². The topological polar surface area (TPSA) is 128 Å². The van der Waals surface area contributed by atoms with Gasteiger partial charge in [0, 0.05) is 19.4 Å². The van der Waals surface area contributed by atoms with Gasteiger partial charge in [-0.2, -0.15) is 9.78 Å². The predicted molar refractivity (Wildman–Crippen MR) is 127 cm³/mol. The van der Waals surface area contributed by atoms with E-state index in [1.54, 1.807) is 12.1 Å². The summed E-state index contributed by atoms with van der Waals surface area (Å²) in [5.74, 6) is -2.72. The Labute approximate surface area is 204 Å². The minimum Gasteiger partial charge on any atom is -0.465 e. The van der Waals surface area contributed by atoms with Gasteiger partial charge in [-0.3, -0.25) is 4.79 Å². The highest BCUT2D eigenvalue weighted by molar-refractivity contribution is 5.66. The lowest BCUT2D eigenvalue weighted by molar-refractivity contribution is -0.280. The van der Waals surface area contributed by atoms with Crippen LogP contribution in [0.15, 0.2) is 67.3 Å². The molecule has 0 fully saturated rings. The summed E-state index contributed by atoms with van der Waals surface area (Å²) in [5.41, 5.74) is 6.70. The summed E-state index contributed by atoms with van der Waals surface area (Å²) in [6, 6.07) is 17.1. The Balaban J connectivity index is 2.08. The van der Waals surface area contributed by atoms with E-state index in [1.807, 2.05) is 56.3 Å². The van der Waals surface area contributed by atoms with Crippen LogP contribution >= 0.6 is 0 Å². The molecule has 0 bridgehead atoms. The van der Waals surface area contributed by atoms with Gasteiger partial charge >= 0.3 is 18.0 Å². The van der Waals surface area contributed by atoms with Crippen LogP contribution in [0.25, 0.3) is 11.1 Å². The number of benzene rings is 2. The third-order valence-corrected chi connectivity index (χ3v) is 5.57. The summed E-state index contributed by atoms with van der Waals surface area (Å²) >= 11 is 0. The number of nitrogens with zero attached hydrogens (tertiary/aromatic N) is 3. The van der Waals surface area contributed by atoms with Crippen molar-refractivity contribution in [3.8, 4) is 16.9 Å². The van der Waals surface area contributed by atoms with Crippen LogP contribution < -0.4 is 10.5 Å². The number of aromatic nitrogens is 3. The first-order chi connectivity index (χ1) is 16.7. The summed E-state index contributed by atoms with van der Waals surface area (Å²) in [5, 5.41) is 4.20. The van der Waals surface area contributed by atoms with Gasteiger partial charge in [0.1, 0.15) is 18.4 Å². The lowest BCUT2D eigenvalue weighted by Gasteiger charge is -2.44. The number of methoxy groups -OCH3 is 1. The predicted octanol–water partition coefficient (Wildman–Crippen LogP) is 3.58. The van der Waals surface area contributed by atoms with Gasteiger partial charge in [-0.15, -0.1) is 0 Å². The minimum atomic E-state index is -1.91. The van der Waals surface area contributed by atoms with Crippen LogP contribution in [-0.4, -0.2) is 47.2 Å². The Bertz CT molecular complexity index is 1100. The van der Waals surface area contributed by atoms with E-state index in [0.717, 1.165) is 11.1 Å². The van der Waals surface area contributed by atoms with Crippen LogP contribution in [-0.2, 0) is 24.9 Å². The molecule has 10 nitrogen and oxygen atoms in total. The molecular formula is C25H30N4O6. The molecule has 3 rings (SSSR count). The van der Waals surface area contributed by atoms with Crippen LogP contribution in [0.1, 0.15) is 20.8 Å². The quantitative estimate of drug-likeness (QED) is 0.324. The van der Waals surface area contributed by atoms with Crippen molar-refractivity contribution < 1.29 is 28.5 Å². The molecule has 2 N–H and O–H groups in total. The van der Waals surface area contributed by atoms with Crippen molar-refractivity contribution in [2.45, 2.75) is 26.7 Å². The molecule has 3 aromatic rings. The summed E-state index contributed by atoms with van der Waals surface area (Å²) in [6.45, 7) is 5.01. The van der Waals surface area contributed by atoms with E-state index in [9.17, 15) is 9.59 Å². The van der Waals surface area contributed by atoms with E-state index < -0.39 is 29.3 Å². The van der Waals surface area contributed by atoms with Crippen molar-refractivity contribution in [1.29, 1.82) is 0 Å². The van der Waals surface area contributed by atoms with Crippen LogP contribution in [0.4, 0.5) is 4.79 Å². The minimum absolute atomic E-state index is 0.00870. The first kappa shape index (κ1) is 25.7. The van der Waals surface area contributed by atoms with Crippen LogP contribution in [0.5, 0.6) is 5.75 Å². The van der Waals surface area contributed by atoms with Crippen molar-refractivity contribution >= 4 is 12.1 Å². The number of esters is 1. The molecule has 0 saturated heterocycles. The Morgan fingerprint density at radius 3 is 2.26 bits per heavy atom. The number of carbonyl (C=O) groups excluding carboxylic acids is 2. The first-order valence-electron chi connectivity index (χ1n) is 11.0. The molecule has 0 aliphatic heterocycles. The number of nitrogens with two attached hydrogens (primary N) is 1. The molecule has 35 heavy (non-hydrogen) atoms. The molecule has 0 aliphatic carbocycles. The average molecular weight is 483 g/mol. The maximum absolute atomic E-state index is 12.2. The van der Waals surface area contributed by atoms with Crippen molar-refractivity contribution in [3.63, 3.8) is 0 Å². The number of hydrogen-bond acceptors (Lipinski definition) is 8. The Morgan fingerprint density at radius 1 is 1.06 bits per heavy atom. The SMILES string of the molecule is COCC(C(C)(C)COC(C)=O)C(OC(N)=O)(Oc1ccc(-c2ccccc2)cc1)n1cncn1. The molecule has 1 amide bonds. The number of primary amides is 1. The van der Waals surface area contributed by atoms with Gasteiger partial charge in [-0.05, 0) is 23.3 Å². The van der Waals surface area contributed by atoms with Crippen LogP contribution in [0, 0.1) is 11.3 Å². The van der Waals surface area contributed by atoms with E-state index >= 15 is 0 Å². The van der Waals surface area contributed by atoms with Gasteiger partial charge < -0.3 is 24.7 Å². The van der Waals surface area contributed by atoms with Gasteiger partial charge in [0.15, 0.2) is 0 Å². The average Bonchev–Trinajstić information content (AvgIpc) is 3.37. The molecule has 0 aliphatic rings. The Hall–Kier alpha value is -3.92. The third-order valence-electron chi connectivity index (χ3n) is 5.57. The van der Waals surface area contributed by atoms with Crippen LogP contribution in [0.2, 0.25) is 0 Å². The number of amides is 1. The van der Waals surface area contributed by atoms with Gasteiger partial charge in [-0.25, -0.2) is 9.78 Å². The normalized spacial score (nSPS) is 13.9. The summed E-state index contributed by atoms with van der Waals surface area (Å²) in [6.07, 6.45) is 1.54. The van der Waals surface area contributed by atoms with Crippen molar-refractivity contribution in [1.82, 2.24) is 14.8 Å². The number of carbonyl (C=O) groups is 2. The van der Waals surface area contributed by atoms with Gasteiger partial charge in [-0.1, -0.05) is 56.3 Å². The fraction of sp³-hybridized carbons (Fsp3) is 0.360. The van der Waals surface area contributed by atoms with Gasteiger partial charge in [0.25, 0.3) is 0 Å². The summed E-state index contributed by atoms with van der Waals surface area (Å²) in [7, 11) is 1.50. The molecular weight excluding hydrogens is 452 g/mol. The molecule has 1 aromatic heterocycles. The number of hydrogen-bond donors (Lipinski definition) is 1. The monoisotopic (exact) mass is 482 g/mol. The molecule has 0 saturated carbocycles. The summed E-state index contributed by atoms with van der Waals surface area (Å²) < 4.78 is 24.1. The van der Waals surface area contributed by atoms with Crippen molar-refractivity contribution in [3.05, 3.63) is 67.3 Å². The standard InChI is InChI=1S/C25H30N4O6/c1-18(30)33-15-24(2,3)22(14-32-4)25(35-23(26)31,29-17-27-16-28-29)34-21-12-10-20(11-13-21)19-8-6-5-7-9-19/h5-13,16-17,22H,14-15H2,1-4H3,(H2,26,31). The van der Waals surface area contributed by atoms with Gasteiger partial charge in [0.2, 0.25) is 0 Å². The maximum Gasteiger partial charge on any atom is 0.409 e. The molecule has 186 valence electrons. The molecule has 2 aromatic carbocycles. The highest BCUT2D eigenvalue weighted by Crippen LogP contribution is 2.42. The van der Waals surface area contributed by atoms with E-state index in [-0.39, 0.29) is 13.2 Å². The van der Waals surface area contributed by atoms with E-state index in [2.05, 4.69) is 10.1 Å². The zero-order valence-corrected chi connectivity index (χ0v) is 20.2. The summed E-state index contributed by atoms with van der Waals surface area (Å²) in [4.78, 5) is 27.7. The highest BCUT2D eigenvalue weighted by Gasteiger charge is 2.55. The zero-order valence-electron chi connectivity index (χ0n) is 20.2. The van der Waals surface area contributed by atoms with Crippen LogP contribution in [0.3, 0.4) is 0 Å². The lowest BCUT2D eigenvalue weighted by atomic mass is 9.77. The fourth-order valence-electron chi connectivity index (χ4n) is 3.82. The van der Waals surface area contributed by atoms with E-state index in [1.165, 1.54) is 31.4 Å². The molecule has 1 heterocycles. The molecule has 2 atom stereocenters. The largest absolute Gasteiger partial charge is 0.465 e.